The van der Waals surface area contributed by atoms with Gasteiger partial charge in [0, 0.05) is 6.54 Å². The maximum Gasteiger partial charge on any atom is 0.331 e. The molecule has 0 aromatic rings. The van der Waals surface area contributed by atoms with Gasteiger partial charge >= 0.3 is 11.9 Å². The molecule has 0 bridgehead atoms. The van der Waals surface area contributed by atoms with E-state index in [1.165, 1.54) is 0 Å². The molecule has 0 radical (unpaired) electrons. The Morgan fingerprint density at radius 1 is 1.73 bits per heavy atom. The van der Waals surface area contributed by atoms with Crippen LogP contribution in [0, 0.1) is 0 Å². The van der Waals surface area contributed by atoms with Crippen molar-refractivity contribution >= 4 is 11.9 Å². The van der Waals surface area contributed by atoms with Crippen molar-refractivity contribution in [2.24, 2.45) is 0 Å². The number of esters is 2. The third kappa shape index (κ3) is 1.88. The van der Waals surface area contributed by atoms with E-state index in [1.807, 2.05) is 0 Å². The smallest absolute Gasteiger partial charge is 0.331 e. The number of carbonyl (C=O) groups is 2. The topological polar surface area (TPSA) is 55.4 Å². The summed E-state index contributed by atoms with van der Waals surface area (Å²) >= 11 is 0. The number of ether oxygens (including phenoxy) is 1. The predicted octanol–water partition coefficient (Wildman–Crippen LogP) is -0.396. The lowest BCUT2D eigenvalue weighted by molar-refractivity contribution is -0.152. The van der Waals surface area contributed by atoms with Crippen molar-refractivity contribution in [2.45, 2.75) is 12.5 Å². The van der Waals surface area contributed by atoms with Gasteiger partial charge in [-0.3, -0.25) is 4.79 Å². The molecule has 1 saturated heterocycles. The van der Waals surface area contributed by atoms with Gasteiger partial charge in [0.05, 0.1) is 6.42 Å². The molecule has 4 nitrogen and oxygen atoms in total. The Morgan fingerprint density at radius 2 is 2.45 bits per heavy atom. The van der Waals surface area contributed by atoms with Crippen molar-refractivity contribution in [2.75, 3.05) is 6.54 Å². The fourth-order valence-electron chi connectivity index (χ4n) is 0.856. The standard InChI is InChI=1S/C7H9NO3/c1-2-3-8-5-4-6(9)11-7(5)10/h2,5,8H,1,3-4H2. The van der Waals surface area contributed by atoms with Gasteiger partial charge in [-0.15, -0.1) is 6.58 Å². The molecule has 0 spiro atoms. The Kier molecular flexibility index (Phi) is 2.38. The molecule has 0 saturated carbocycles. The molecule has 1 N–H and O–H groups in total. The zero-order valence-corrected chi connectivity index (χ0v) is 6.00. The van der Waals surface area contributed by atoms with Crippen LogP contribution < -0.4 is 5.32 Å². The summed E-state index contributed by atoms with van der Waals surface area (Å²) in [7, 11) is 0. The molecule has 1 aliphatic rings. The van der Waals surface area contributed by atoms with Gasteiger partial charge in [0.15, 0.2) is 0 Å². The van der Waals surface area contributed by atoms with Gasteiger partial charge in [0.2, 0.25) is 0 Å². The molecular formula is C7H9NO3. The summed E-state index contributed by atoms with van der Waals surface area (Å²) in [6.07, 6.45) is 1.75. The normalized spacial score (nSPS) is 23.5. The van der Waals surface area contributed by atoms with E-state index in [2.05, 4.69) is 16.6 Å². The van der Waals surface area contributed by atoms with Crippen LogP contribution in [0.1, 0.15) is 6.42 Å². The molecule has 1 atom stereocenters. The third-order valence-electron chi connectivity index (χ3n) is 1.38. The number of carbonyl (C=O) groups excluding carboxylic acids is 2. The van der Waals surface area contributed by atoms with Crippen molar-refractivity contribution in [3.8, 4) is 0 Å². The van der Waals surface area contributed by atoms with Crippen molar-refractivity contribution in [1.29, 1.82) is 0 Å². The summed E-state index contributed by atoms with van der Waals surface area (Å²) < 4.78 is 4.30. The Bertz CT molecular complexity index is 200. The largest absolute Gasteiger partial charge is 0.392 e. The fourth-order valence-corrected chi connectivity index (χ4v) is 0.856. The molecule has 1 heterocycles. The van der Waals surface area contributed by atoms with Crippen molar-refractivity contribution < 1.29 is 14.3 Å². The van der Waals surface area contributed by atoms with Crippen LogP contribution in [0.3, 0.4) is 0 Å². The molecular weight excluding hydrogens is 146 g/mol. The van der Waals surface area contributed by atoms with Gasteiger partial charge in [-0.1, -0.05) is 6.08 Å². The summed E-state index contributed by atoms with van der Waals surface area (Å²) in [4.78, 5) is 21.3. The van der Waals surface area contributed by atoms with E-state index < -0.39 is 18.0 Å². The highest BCUT2D eigenvalue weighted by Crippen LogP contribution is 2.06. The van der Waals surface area contributed by atoms with E-state index in [0.717, 1.165) is 0 Å². The van der Waals surface area contributed by atoms with Crippen molar-refractivity contribution in [3.05, 3.63) is 12.7 Å². The number of nitrogens with one attached hydrogen (secondary N) is 1. The van der Waals surface area contributed by atoms with Crippen LogP contribution in [0.4, 0.5) is 0 Å². The van der Waals surface area contributed by atoms with E-state index in [1.54, 1.807) is 6.08 Å². The van der Waals surface area contributed by atoms with Gasteiger partial charge in [-0.25, -0.2) is 4.79 Å². The molecule has 60 valence electrons. The minimum Gasteiger partial charge on any atom is -0.392 e. The second kappa shape index (κ2) is 3.30. The van der Waals surface area contributed by atoms with Crippen LogP contribution in [0.25, 0.3) is 0 Å². The molecule has 0 aromatic carbocycles. The van der Waals surface area contributed by atoms with E-state index in [0.29, 0.717) is 6.54 Å². The van der Waals surface area contributed by atoms with Crippen LogP contribution in [0.2, 0.25) is 0 Å². The summed E-state index contributed by atoms with van der Waals surface area (Å²) in [5.41, 5.74) is 0. The first-order valence-corrected chi connectivity index (χ1v) is 3.33. The summed E-state index contributed by atoms with van der Waals surface area (Å²) in [5.74, 6) is -0.951. The van der Waals surface area contributed by atoms with Gasteiger partial charge in [-0.05, 0) is 0 Å². The summed E-state index contributed by atoms with van der Waals surface area (Å²) in [5, 5.41) is 2.80. The van der Waals surface area contributed by atoms with Gasteiger partial charge in [-0.2, -0.15) is 0 Å². The summed E-state index contributed by atoms with van der Waals surface area (Å²) in [6, 6.07) is -0.472. The van der Waals surface area contributed by atoms with Crippen LogP contribution in [0.5, 0.6) is 0 Å². The first-order chi connectivity index (χ1) is 5.24. The maximum atomic E-state index is 10.8. The molecule has 0 amide bonds. The summed E-state index contributed by atoms with van der Waals surface area (Å²) in [6.45, 7) is 3.97. The maximum absolute atomic E-state index is 10.8. The average molecular weight is 155 g/mol. The predicted molar refractivity (Wildman–Crippen MR) is 37.7 cm³/mol. The first kappa shape index (κ1) is 7.94. The zero-order chi connectivity index (χ0) is 8.27. The highest BCUT2D eigenvalue weighted by Gasteiger charge is 2.32. The molecule has 0 aliphatic carbocycles. The molecule has 4 heteroatoms. The Morgan fingerprint density at radius 3 is 2.91 bits per heavy atom. The molecule has 1 fully saturated rings. The number of cyclic esters (lactones) is 2. The van der Waals surface area contributed by atoms with Crippen molar-refractivity contribution in [3.63, 3.8) is 0 Å². The third-order valence-corrected chi connectivity index (χ3v) is 1.38. The second-order valence-corrected chi connectivity index (χ2v) is 2.25. The Labute approximate surface area is 64.2 Å². The lowest BCUT2D eigenvalue weighted by atomic mass is 10.2. The van der Waals surface area contributed by atoms with E-state index >= 15 is 0 Å². The van der Waals surface area contributed by atoms with E-state index in [4.69, 9.17) is 0 Å². The van der Waals surface area contributed by atoms with E-state index in [9.17, 15) is 9.59 Å². The quantitative estimate of drug-likeness (QED) is 0.342. The average Bonchev–Trinajstić information content (AvgIpc) is 2.26. The van der Waals surface area contributed by atoms with Crippen molar-refractivity contribution in [1.82, 2.24) is 5.32 Å². The number of hydrogen-bond acceptors (Lipinski definition) is 4. The van der Waals surface area contributed by atoms with Crippen LogP contribution in [-0.4, -0.2) is 24.5 Å². The molecule has 11 heavy (non-hydrogen) atoms. The second-order valence-electron chi connectivity index (χ2n) is 2.25. The molecule has 0 aromatic heterocycles. The highest BCUT2D eigenvalue weighted by molar-refractivity contribution is 5.96. The van der Waals surface area contributed by atoms with Gasteiger partial charge < -0.3 is 10.1 Å². The molecule has 1 unspecified atom stereocenters. The van der Waals surface area contributed by atoms with Crippen LogP contribution >= 0.6 is 0 Å². The lowest BCUT2D eigenvalue weighted by Crippen LogP contribution is -2.32. The molecule has 1 aliphatic heterocycles. The highest BCUT2D eigenvalue weighted by atomic mass is 16.6. The Balaban J connectivity index is 2.40. The van der Waals surface area contributed by atoms with Crippen LogP contribution in [0.15, 0.2) is 12.7 Å². The monoisotopic (exact) mass is 155 g/mol. The minimum absolute atomic E-state index is 0.132. The van der Waals surface area contributed by atoms with Gasteiger partial charge in [0.25, 0.3) is 0 Å². The number of rotatable bonds is 3. The zero-order valence-electron chi connectivity index (χ0n) is 6.00. The lowest BCUT2D eigenvalue weighted by Gasteiger charge is -2.02. The SMILES string of the molecule is C=CCNC1CC(=O)OC1=O. The minimum atomic E-state index is -0.489. The Hall–Kier alpha value is -1.16. The van der Waals surface area contributed by atoms with Crippen LogP contribution in [-0.2, 0) is 14.3 Å². The van der Waals surface area contributed by atoms with Gasteiger partial charge in [0.1, 0.15) is 6.04 Å². The molecule has 1 rings (SSSR count). The van der Waals surface area contributed by atoms with E-state index in [-0.39, 0.29) is 6.42 Å². The first-order valence-electron chi connectivity index (χ1n) is 3.33. The fraction of sp³-hybridized carbons (Fsp3) is 0.429. The number of hydrogen-bond donors (Lipinski definition) is 1.